The van der Waals surface area contributed by atoms with E-state index in [0.29, 0.717) is 13.0 Å². The highest BCUT2D eigenvalue weighted by Gasteiger charge is 2.39. The number of rotatable bonds is 4. The minimum absolute atomic E-state index is 0.0308. The monoisotopic (exact) mass is 177 g/mol. The van der Waals surface area contributed by atoms with E-state index >= 15 is 0 Å². The van der Waals surface area contributed by atoms with Gasteiger partial charge in [-0.3, -0.25) is 4.79 Å². The normalized spacial score (nSPS) is 27.6. The number of carboxylic acids is 1. The molecule has 0 aromatic rings. The summed E-state index contributed by atoms with van der Waals surface area (Å²) in [6.45, 7) is 0.625. The molecule has 0 amide bonds. The van der Waals surface area contributed by atoms with E-state index in [1.807, 2.05) is 0 Å². The van der Waals surface area contributed by atoms with Gasteiger partial charge in [-0.2, -0.15) is 12.6 Å². The van der Waals surface area contributed by atoms with Crippen molar-refractivity contribution in [1.82, 2.24) is 0 Å². The molecule has 2 unspecified atom stereocenters. The Morgan fingerprint density at radius 1 is 1.91 bits per heavy atom. The SMILES string of the molecule is NC(CS)(CC1CO1)C(=O)O. The van der Waals surface area contributed by atoms with Gasteiger partial charge in [0.05, 0.1) is 12.7 Å². The van der Waals surface area contributed by atoms with E-state index in [0.717, 1.165) is 0 Å². The summed E-state index contributed by atoms with van der Waals surface area (Å²) in [6.07, 6.45) is 0.384. The minimum atomic E-state index is -1.22. The summed E-state index contributed by atoms with van der Waals surface area (Å²) in [5.41, 5.74) is 4.31. The number of ether oxygens (including phenoxy) is 1. The average Bonchev–Trinajstić information content (AvgIpc) is 2.71. The Hall–Kier alpha value is -0.260. The zero-order chi connectivity index (χ0) is 8.48. The first-order chi connectivity index (χ1) is 5.08. The fourth-order valence-corrected chi connectivity index (χ4v) is 1.08. The van der Waals surface area contributed by atoms with Gasteiger partial charge in [0.2, 0.25) is 0 Å². The van der Waals surface area contributed by atoms with Crippen molar-refractivity contribution in [3.8, 4) is 0 Å². The third-order valence-corrected chi connectivity index (χ3v) is 2.27. The molecule has 2 atom stereocenters. The van der Waals surface area contributed by atoms with Crippen molar-refractivity contribution in [3.63, 3.8) is 0 Å². The van der Waals surface area contributed by atoms with Crippen LogP contribution < -0.4 is 5.73 Å². The first kappa shape index (κ1) is 8.83. The van der Waals surface area contributed by atoms with Gasteiger partial charge in [0, 0.05) is 12.2 Å². The molecule has 3 N–H and O–H groups in total. The lowest BCUT2D eigenvalue weighted by atomic mass is 9.97. The highest BCUT2D eigenvalue weighted by atomic mass is 32.1. The molecule has 0 aromatic carbocycles. The second-order valence-electron chi connectivity index (χ2n) is 2.78. The molecule has 0 saturated carbocycles. The molecule has 64 valence electrons. The van der Waals surface area contributed by atoms with Crippen LogP contribution in [0.15, 0.2) is 0 Å². The van der Waals surface area contributed by atoms with Crippen LogP contribution >= 0.6 is 12.6 Å². The summed E-state index contributed by atoms with van der Waals surface area (Å²) in [5.74, 6) is -0.870. The lowest BCUT2D eigenvalue weighted by Crippen LogP contribution is -2.50. The van der Waals surface area contributed by atoms with Crippen molar-refractivity contribution in [1.29, 1.82) is 0 Å². The van der Waals surface area contributed by atoms with Crippen LogP contribution in [0, 0.1) is 0 Å². The molecule has 1 heterocycles. The summed E-state index contributed by atoms with van der Waals surface area (Å²) in [6, 6.07) is 0. The first-order valence-electron chi connectivity index (χ1n) is 3.33. The van der Waals surface area contributed by atoms with E-state index in [9.17, 15) is 4.79 Å². The van der Waals surface area contributed by atoms with Gasteiger partial charge in [-0.05, 0) is 0 Å². The summed E-state index contributed by atoms with van der Waals surface area (Å²) in [4.78, 5) is 10.6. The van der Waals surface area contributed by atoms with Gasteiger partial charge in [-0.25, -0.2) is 0 Å². The quantitative estimate of drug-likeness (QED) is 0.399. The average molecular weight is 177 g/mol. The minimum Gasteiger partial charge on any atom is -0.480 e. The Bertz CT molecular complexity index is 171. The lowest BCUT2D eigenvalue weighted by molar-refractivity contribution is -0.142. The zero-order valence-corrected chi connectivity index (χ0v) is 6.88. The molecule has 1 aliphatic rings. The Kier molecular flexibility index (Phi) is 2.41. The molecule has 5 heteroatoms. The van der Waals surface area contributed by atoms with E-state index in [1.54, 1.807) is 0 Å². The molecule has 0 spiro atoms. The molecule has 1 saturated heterocycles. The second kappa shape index (κ2) is 3.00. The molecule has 11 heavy (non-hydrogen) atoms. The Balaban J connectivity index is 2.49. The summed E-state index contributed by atoms with van der Waals surface area (Å²) >= 11 is 3.88. The van der Waals surface area contributed by atoms with Crippen LogP contribution in [0.2, 0.25) is 0 Å². The van der Waals surface area contributed by atoms with Crippen LogP contribution in [0.25, 0.3) is 0 Å². The summed E-state index contributed by atoms with van der Waals surface area (Å²) in [5, 5.41) is 8.68. The molecule has 1 fully saturated rings. The number of carboxylic acid groups (broad SMARTS) is 1. The third kappa shape index (κ3) is 2.08. The topological polar surface area (TPSA) is 75.8 Å². The van der Waals surface area contributed by atoms with E-state index < -0.39 is 11.5 Å². The molecular formula is C6H11NO3S. The standard InChI is InChI=1S/C6H11NO3S/c7-6(3-11,5(8)9)1-4-2-10-4/h4,11H,1-3,7H2,(H,8,9). The number of nitrogens with two attached hydrogens (primary N) is 1. The van der Waals surface area contributed by atoms with Crippen molar-refractivity contribution in [3.05, 3.63) is 0 Å². The largest absolute Gasteiger partial charge is 0.480 e. The summed E-state index contributed by atoms with van der Waals surface area (Å²) < 4.78 is 4.88. The fraction of sp³-hybridized carbons (Fsp3) is 0.833. The number of carbonyl (C=O) groups is 1. The first-order valence-corrected chi connectivity index (χ1v) is 3.96. The maximum atomic E-state index is 10.6. The second-order valence-corrected chi connectivity index (χ2v) is 3.10. The highest BCUT2D eigenvalue weighted by molar-refractivity contribution is 7.80. The van der Waals surface area contributed by atoms with E-state index in [4.69, 9.17) is 15.6 Å². The number of epoxide rings is 1. The predicted molar refractivity (Wildman–Crippen MR) is 42.8 cm³/mol. The molecule has 0 bridgehead atoms. The fourth-order valence-electron chi connectivity index (χ4n) is 0.812. The Labute approximate surface area is 70.1 Å². The van der Waals surface area contributed by atoms with Gasteiger partial charge in [-0.15, -0.1) is 0 Å². The van der Waals surface area contributed by atoms with Crippen LogP contribution in [-0.4, -0.2) is 35.1 Å². The third-order valence-electron chi connectivity index (χ3n) is 1.70. The van der Waals surface area contributed by atoms with Crippen LogP contribution in [0.1, 0.15) is 6.42 Å². The van der Waals surface area contributed by atoms with Gasteiger partial charge in [-0.1, -0.05) is 0 Å². The zero-order valence-electron chi connectivity index (χ0n) is 5.99. The van der Waals surface area contributed by atoms with E-state index in [1.165, 1.54) is 0 Å². The maximum Gasteiger partial charge on any atom is 0.324 e. The Morgan fingerprint density at radius 2 is 2.45 bits per heavy atom. The highest BCUT2D eigenvalue weighted by Crippen LogP contribution is 2.22. The number of thiol groups is 1. The molecule has 1 rings (SSSR count). The molecule has 1 aliphatic heterocycles. The van der Waals surface area contributed by atoms with Crippen LogP contribution in [0.3, 0.4) is 0 Å². The Morgan fingerprint density at radius 3 is 2.73 bits per heavy atom. The van der Waals surface area contributed by atoms with Gasteiger partial charge in [0.25, 0.3) is 0 Å². The molecular weight excluding hydrogens is 166 g/mol. The van der Waals surface area contributed by atoms with Crippen LogP contribution in [0.5, 0.6) is 0 Å². The smallest absolute Gasteiger partial charge is 0.324 e. The molecule has 0 aromatic heterocycles. The molecule has 0 radical (unpaired) electrons. The van der Waals surface area contributed by atoms with E-state index in [-0.39, 0.29) is 11.9 Å². The number of hydrogen-bond donors (Lipinski definition) is 3. The van der Waals surface area contributed by atoms with Crippen molar-refractivity contribution in [2.45, 2.75) is 18.1 Å². The van der Waals surface area contributed by atoms with Crippen LogP contribution in [-0.2, 0) is 9.53 Å². The van der Waals surface area contributed by atoms with Crippen molar-refractivity contribution in [2.75, 3.05) is 12.4 Å². The predicted octanol–water partition coefficient (Wildman–Crippen LogP) is -0.513. The number of hydrogen-bond acceptors (Lipinski definition) is 4. The van der Waals surface area contributed by atoms with Crippen LogP contribution in [0.4, 0.5) is 0 Å². The number of aliphatic carboxylic acids is 1. The molecule has 0 aliphatic carbocycles. The maximum absolute atomic E-state index is 10.6. The van der Waals surface area contributed by atoms with Crippen molar-refractivity contribution >= 4 is 18.6 Å². The summed E-state index contributed by atoms with van der Waals surface area (Å²) in [7, 11) is 0. The van der Waals surface area contributed by atoms with E-state index in [2.05, 4.69) is 12.6 Å². The lowest BCUT2D eigenvalue weighted by Gasteiger charge is -2.20. The molecule has 4 nitrogen and oxygen atoms in total. The van der Waals surface area contributed by atoms with Gasteiger partial charge in [0.1, 0.15) is 5.54 Å². The van der Waals surface area contributed by atoms with Gasteiger partial charge in [0.15, 0.2) is 0 Å². The van der Waals surface area contributed by atoms with Gasteiger partial charge < -0.3 is 15.6 Å². The van der Waals surface area contributed by atoms with Gasteiger partial charge >= 0.3 is 5.97 Å². The van der Waals surface area contributed by atoms with Crippen molar-refractivity contribution < 1.29 is 14.6 Å². The van der Waals surface area contributed by atoms with Crippen molar-refractivity contribution in [2.24, 2.45) is 5.73 Å².